The molecule has 1 heterocycles. The first-order valence-corrected chi connectivity index (χ1v) is 3.80. The molecule has 0 fully saturated rings. The molecule has 0 unspecified atom stereocenters. The molecule has 0 aromatic carbocycles. The highest BCUT2D eigenvalue weighted by Gasteiger charge is 1.88. The van der Waals surface area contributed by atoms with Crippen molar-refractivity contribution >= 4 is 5.69 Å². The second-order valence-electron chi connectivity index (χ2n) is 2.31. The molecule has 11 heavy (non-hydrogen) atoms. The minimum Gasteiger partial charge on any atom is -0.382 e. The Morgan fingerprint density at radius 2 is 2.09 bits per heavy atom. The van der Waals surface area contributed by atoms with Crippen LogP contribution < -0.4 is 5.32 Å². The molecule has 1 N–H and O–H groups in total. The van der Waals surface area contributed by atoms with Gasteiger partial charge in [0.25, 0.3) is 0 Å². The molecule has 0 bridgehead atoms. The maximum Gasteiger partial charge on any atom is 0.0762 e. The van der Waals surface area contributed by atoms with E-state index in [1.165, 1.54) is 12.8 Å². The van der Waals surface area contributed by atoms with E-state index in [0.29, 0.717) is 0 Å². The third-order valence-electron chi connectivity index (χ3n) is 1.36. The van der Waals surface area contributed by atoms with Crippen molar-refractivity contribution in [2.24, 2.45) is 0 Å². The van der Waals surface area contributed by atoms with Gasteiger partial charge < -0.3 is 5.32 Å². The molecule has 0 aliphatic carbocycles. The second-order valence-corrected chi connectivity index (χ2v) is 2.31. The molecule has 0 aliphatic rings. The molecular weight excluding hydrogens is 140 g/mol. The van der Waals surface area contributed by atoms with Crippen LogP contribution in [0.25, 0.3) is 0 Å². The van der Waals surface area contributed by atoms with E-state index in [9.17, 15) is 0 Å². The molecule has 1 rings (SSSR count). The van der Waals surface area contributed by atoms with Crippen LogP contribution in [0.3, 0.4) is 0 Å². The smallest absolute Gasteiger partial charge is 0.0762 e. The summed E-state index contributed by atoms with van der Waals surface area (Å²) in [4.78, 5) is 0. The van der Waals surface area contributed by atoms with Gasteiger partial charge in [0.15, 0.2) is 0 Å². The standard InChI is InChI=1S/C7H12N4/c1-2-3-4-8-7-5-9-11-10-6-7/h5-6H,2-4H2,1H3,(H,8,11). The Morgan fingerprint density at radius 3 is 2.73 bits per heavy atom. The summed E-state index contributed by atoms with van der Waals surface area (Å²) in [7, 11) is 0. The van der Waals surface area contributed by atoms with Crippen LogP contribution in [-0.4, -0.2) is 22.0 Å². The highest BCUT2D eigenvalue weighted by molar-refractivity contribution is 5.36. The van der Waals surface area contributed by atoms with Crippen molar-refractivity contribution < 1.29 is 0 Å². The van der Waals surface area contributed by atoms with Crippen LogP contribution in [0.15, 0.2) is 12.4 Å². The van der Waals surface area contributed by atoms with E-state index >= 15 is 0 Å². The van der Waals surface area contributed by atoms with Crippen molar-refractivity contribution in [3.63, 3.8) is 0 Å². The zero-order valence-corrected chi connectivity index (χ0v) is 6.62. The summed E-state index contributed by atoms with van der Waals surface area (Å²) in [6, 6.07) is 0. The lowest BCUT2D eigenvalue weighted by molar-refractivity contribution is 0.823. The molecule has 60 valence electrons. The second kappa shape index (κ2) is 4.60. The topological polar surface area (TPSA) is 50.7 Å². The van der Waals surface area contributed by atoms with Crippen molar-refractivity contribution in [1.82, 2.24) is 15.4 Å². The number of anilines is 1. The van der Waals surface area contributed by atoms with E-state index in [0.717, 1.165) is 12.2 Å². The number of nitrogens with zero attached hydrogens (tertiary/aromatic N) is 3. The maximum absolute atomic E-state index is 3.64. The molecule has 1 aromatic rings. The average Bonchev–Trinajstić information content (AvgIpc) is 2.07. The molecule has 4 heteroatoms. The van der Waals surface area contributed by atoms with E-state index in [4.69, 9.17) is 0 Å². The summed E-state index contributed by atoms with van der Waals surface area (Å²) in [6.45, 7) is 3.13. The van der Waals surface area contributed by atoms with Crippen LogP contribution >= 0.6 is 0 Å². The van der Waals surface area contributed by atoms with E-state index in [1.54, 1.807) is 12.4 Å². The first-order chi connectivity index (χ1) is 5.43. The summed E-state index contributed by atoms with van der Waals surface area (Å²) in [5.41, 5.74) is 0.938. The van der Waals surface area contributed by atoms with E-state index < -0.39 is 0 Å². The molecule has 0 aliphatic heterocycles. The fourth-order valence-electron chi connectivity index (χ4n) is 0.740. The van der Waals surface area contributed by atoms with Crippen molar-refractivity contribution in [2.45, 2.75) is 19.8 Å². The third kappa shape index (κ3) is 2.93. The number of hydrogen-bond acceptors (Lipinski definition) is 4. The lowest BCUT2D eigenvalue weighted by Crippen LogP contribution is -2.01. The molecule has 4 nitrogen and oxygen atoms in total. The minimum absolute atomic E-state index is 0.938. The van der Waals surface area contributed by atoms with Gasteiger partial charge in [-0.05, 0) is 11.6 Å². The van der Waals surface area contributed by atoms with E-state index in [2.05, 4.69) is 27.7 Å². The molecule has 0 spiro atoms. The van der Waals surface area contributed by atoms with Gasteiger partial charge in [0.05, 0.1) is 18.1 Å². The van der Waals surface area contributed by atoms with Crippen molar-refractivity contribution in [3.8, 4) is 0 Å². The van der Waals surface area contributed by atoms with Gasteiger partial charge >= 0.3 is 0 Å². The van der Waals surface area contributed by atoms with Crippen LogP contribution in [0.4, 0.5) is 5.69 Å². The van der Waals surface area contributed by atoms with E-state index in [1.807, 2.05) is 0 Å². The van der Waals surface area contributed by atoms with Crippen LogP contribution in [0.5, 0.6) is 0 Å². The average molecular weight is 152 g/mol. The lowest BCUT2D eigenvalue weighted by atomic mass is 10.3. The van der Waals surface area contributed by atoms with Gasteiger partial charge in [0.1, 0.15) is 0 Å². The van der Waals surface area contributed by atoms with Crippen molar-refractivity contribution in [1.29, 1.82) is 0 Å². The van der Waals surface area contributed by atoms with Crippen LogP contribution in [0, 0.1) is 0 Å². The van der Waals surface area contributed by atoms with Gasteiger partial charge in [-0.15, -0.1) is 10.2 Å². The first-order valence-electron chi connectivity index (χ1n) is 3.80. The highest BCUT2D eigenvalue weighted by atomic mass is 15.3. The molecule has 0 saturated heterocycles. The third-order valence-corrected chi connectivity index (χ3v) is 1.36. The monoisotopic (exact) mass is 152 g/mol. The summed E-state index contributed by atoms with van der Waals surface area (Å²) < 4.78 is 0. The van der Waals surface area contributed by atoms with E-state index in [-0.39, 0.29) is 0 Å². The molecule has 0 amide bonds. The van der Waals surface area contributed by atoms with Crippen LogP contribution in [-0.2, 0) is 0 Å². The van der Waals surface area contributed by atoms with Crippen LogP contribution in [0.2, 0.25) is 0 Å². The highest BCUT2D eigenvalue weighted by Crippen LogP contribution is 1.99. The molecule has 1 aromatic heterocycles. The Bertz CT molecular complexity index is 187. The predicted molar refractivity (Wildman–Crippen MR) is 43.2 cm³/mol. The lowest BCUT2D eigenvalue weighted by Gasteiger charge is -2.01. The van der Waals surface area contributed by atoms with Gasteiger partial charge in [-0.2, -0.15) is 0 Å². The summed E-state index contributed by atoms with van der Waals surface area (Å²) in [5.74, 6) is 0. The Balaban J connectivity index is 2.28. The first kappa shape index (κ1) is 7.91. The Labute approximate surface area is 66.0 Å². The van der Waals surface area contributed by atoms with Gasteiger partial charge in [-0.25, -0.2) is 0 Å². The zero-order valence-electron chi connectivity index (χ0n) is 6.62. The van der Waals surface area contributed by atoms with Gasteiger partial charge in [0, 0.05) is 6.54 Å². The SMILES string of the molecule is CCCCNc1cnnnc1. The molecule has 0 atom stereocenters. The van der Waals surface area contributed by atoms with Crippen molar-refractivity contribution in [2.75, 3.05) is 11.9 Å². The normalized spacial score (nSPS) is 9.55. The van der Waals surface area contributed by atoms with Gasteiger partial charge in [-0.3, -0.25) is 0 Å². The van der Waals surface area contributed by atoms with Gasteiger partial charge in [-0.1, -0.05) is 13.3 Å². The maximum atomic E-state index is 3.64. The number of hydrogen-bond donors (Lipinski definition) is 1. The summed E-state index contributed by atoms with van der Waals surface area (Å²) in [6.07, 6.45) is 5.70. The van der Waals surface area contributed by atoms with Crippen molar-refractivity contribution in [3.05, 3.63) is 12.4 Å². The number of rotatable bonds is 4. The predicted octanol–water partition coefficient (Wildman–Crippen LogP) is 1.08. The Hall–Kier alpha value is -1.19. The molecule has 0 radical (unpaired) electrons. The summed E-state index contributed by atoms with van der Waals surface area (Å²) in [5, 5.41) is 13.9. The number of unbranched alkanes of at least 4 members (excludes halogenated alkanes) is 1. The largest absolute Gasteiger partial charge is 0.382 e. The Morgan fingerprint density at radius 1 is 1.36 bits per heavy atom. The fourth-order valence-corrected chi connectivity index (χ4v) is 0.740. The Kier molecular flexibility index (Phi) is 3.31. The van der Waals surface area contributed by atoms with Crippen LogP contribution in [0.1, 0.15) is 19.8 Å². The zero-order chi connectivity index (χ0) is 7.94. The summed E-state index contributed by atoms with van der Waals surface area (Å²) >= 11 is 0. The fraction of sp³-hybridized carbons (Fsp3) is 0.571. The number of nitrogens with one attached hydrogen (secondary N) is 1. The minimum atomic E-state index is 0.938. The molecule has 0 saturated carbocycles. The molecular formula is C7H12N4. The number of aromatic nitrogens is 3. The van der Waals surface area contributed by atoms with Gasteiger partial charge in [0.2, 0.25) is 0 Å². The quantitative estimate of drug-likeness (QED) is 0.656.